The Morgan fingerprint density at radius 2 is 2.00 bits per heavy atom. The SMILES string of the molecule is CCN(C(C)COC)C1CCCCCC1NC. The molecule has 1 fully saturated rings. The predicted octanol–water partition coefficient (Wildman–Crippen LogP) is 2.26. The third-order valence-corrected chi connectivity index (χ3v) is 4.12. The van der Waals surface area contributed by atoms with Gasteiger partial charge in [-0.05, 0) is 33.4 Å². The molecule has 102 valence electrons. The number of methoxy groups -OCH3 is 1. The topological polar surface area (TPSA) is 24.5 Å². The quantitative estimate of drug-likeness (QED) is 0.723. The van der Waals surface area contributed by atoms with E-state index in [9.17, 15) is 0 Å². The molecule has 0 aromatic rings. The Bertz CT molecular complexity index is 199. The molecule has 0 radical (unpaired) electrons. The first-order valence-corrected chi connectivity index (χ1v) is 7.16. The van der Waals surface area contributed by atoms with Crippen LogP contribution >= 0.6 is 0 Å². The third-order valence-electron chi connectivity index (χ3n) is 4.12. The summed E-state index contributed by atoms with van der Waals surface area (Å²) in [5.41, 5.74) is 0. The zero-order valence-electron chi connectivity index (χ0n) is 12.0. The molecule has 0 aromatic heterocycles. The molecule has 1 aliphatic carbocycles. The number of nitrogens with one attached hydrogen (secondary N) is 1. The largest absolute Gasteiger partial charge is 0.383 e. The number of hydrogen-bond donors (Lipinski definition) is 1. The molecule has 3 nitrogen and oxygen atoms in total. The zero-order valence-corrected chi connectivity index (χ0v) is 12.0. The third kappa shape index (κ3) is 4.23. The summed E-state index contributed by atoms with van der Waals surface area (Å²) >= 11 is 0. The van der Waals surface area contributed by atoms with Gasteiger partial charge < -0.3 is 10.1 Å². The number of hydrogen-bond acceptors (Lipinski definition) is 3. The van der Waals surface area contributed by atoms with Gasteiger partial charge in [-0.15, -0.1) is 0 Å². The molecule has 3 heteroatoms. The number of ether oxygens (including phenoxy) is 1. The average molecular weight is 242 g/mol. The lowest BCUT2D eigenvalue weighted by Crippen LogP contribution is -2.52. The molecule has 0 aliphatic heterocycles. The first-order chi connectivity index (χ1) is 8.24. The van der Waals surface area contributed by atoms with E-state index in [0.29, 0.717) is 18.1 Å². The summed E-state index contributed by atoms with van der Waals surface area (Å²) in [7, 11) is 3.91. The van der Waals surface area contributed by atoms with Gasteiger partial charge in [0.15, 0.2) is 0 Å². The highest BCUT2D eigenvalue weighted by Crippen LogP contribution is 2.23. The Hall–Kier alpha value is -0.120. The van der Waals surface area contributed by atoms with Crippen molar-refractivity contribution in [1.29, 1.82) is 0 Å². The van der Waals surface area contributed by atoms with E-state index < -0.39 is 0 Å². The molecule has 0 saturated heterocycles. The van der Waals surface area contributed by atoms with Crippen LogP contribution in [0, 0.1) is 0 Å². The Labute approximate surface area is 107 Å². The van der Waals surface area contributed by atoms with Gasteiger partial charge in [-0.2, -0.15) is 0 Å². The van der Waals surface area contributed by atoms with E-state index in [4.69, 9.17) is 4.74 Å². The molecule has 0 bridgehead atoms. The Kier molecular flexibility index (Phi) is 7.09. The lowest BCUT2D eigenvalue weighted by atomic mass is 10.00. The minimum Gasteiger partial charge on any atom is -0.383 e. The Morgan fingerprint density at radius 1 is 1.29 bits per heavy atom. The van der Waals surface area contributed by atoms with Crippen LogP contribution in [0.1, 0.15) is 46.0 Å². The minimum atomic E-state index is 0.518. The second-order valence-corrected chi connectivity index (χ2v) is 5.24. The van der Waals surface area contributed by atoms with Crippen molar-refractivity contribution in [2.24, 2.45) is 0 Å². The summed E-state index contributed by atoms with van der Waals surface area (Å²) in [6, 6.07) is 1.85. The normalized spacial score (nSPS) is 28.1. The first-order valence-electron chi connectivity index (χ1n) is 7.16. The second kappa shape index (κ2) is 8.06. The molecule has 0 amide bonds. The maximum atomic E-state index is 5.32. The van der Waals surface area contributed by atoms with E-state index in [2.05, 4.69) is 31.1 Å². The maximum Gasteiger partial charge on any atom is 0.0615 e. The predicted molar refractivity (Wildman–Crippen MR) is 73.4 cm³/mol. The summed E-state index contributed by atoms with van der Waals surface area (Å²) in [5.74, 6) is 0. The van der Waals surface area contributed by atoms with Crippen LogP contribution < -0.4 is 5.32 Å². The standard InChI is InChI=1S/C14H30N2O/c1-5-16(12(2)11-17-4)14-10-8-6-7-9-13(14)15-3/h12-15H,5-11H2,1-4H3. The van der Waals surface area contributed by atoms with Crippen molar-refractivity contribution < 1.29 is 4.74 Å². The van der Waals surface area contributed by atoms with Crippen molar-refractivity contribution in [3.63, 3.8) is 0 Å². The van der Waals surface area contributed by atoms with Crippen LogP contribution in [0.15, 0.2) is 0 Å². The monoisotopic (exact) mass is 242 g/mol. The number of likely N-dealkylation sites (N-methyl/N-ethyl adjacent to an activating group) is 2. The fourth-order valence-electron chi connectivity index (χ4n) is 3.23. The van der Waals surface area contributed by atoms with Gasteiger partial charge >= 0.3 is 0 Å². The van der Waals surface area contributed by atoms with Crippen molar-refractivity contribution >= 4 is 0 Å². The van der Waals surface area contributed by atoms with Gasteiger partial charge in [0.1, 0.15) is 0 Å². The van der Waals surface area contributed by atoms with Crippen LogP contribution in [-0.4, -0.2) is 50.3 Å². The lowest BCUT2D eigenvalue weighted by molar-refractivity contribution is 0.0569. The van der Waals surface area contributed by atoms with Crippen LogP contribution in [0.2, 0.25) is 0 Å². The van der Waals surface area contributed by atoms with E-state index in [1.165, 1.54) is 32.1 Å². The van der Waals surface area contributed by atoms with Crippen molar-refractivity contribution in [1.82, 2.24) is 10.2 Å². The summed E-state index contributed by atoms with van der Waals surface area (Å²) in [4.78, 5) is 2.62. The maximum absolute atomic E-state index is 5.32. The number of rotatable bonds is 6. The van der Waals surface area contributed by atoms with Gasteiger partial charge in [0.2, 0.25) is 0 Å². The summed E-state index contributed by atoms with van der Waals surface area (Å²) in [6.07, 6.45) is 6.78. The van der Waals surface area contributed by atoms with Gasteiger partial charge in [-0.3, -0.25) is 4.90 Å². The van der Waals surface area contributed by atoms with Crippen molar-refractivity contribution in [3.8, 4) is 0 Å². The van der Waals surface area contributed by atoms with Crippen LogP contribution in [-0.2, 0) is 4.74 Å². The van der Waals surface area contributed by atoms with Gasteiger partial charge in [-0.25, -0.2) is 0 Å². The van der Waals surface area contributed by atoms with Crippen molar-refractivity contribution in [3.05, 3.63) is 0 Å². The molecule has 3 atom stereocenters. The molecule has 1 N–H and O–H groups in total. The molecule has 1 aliphatic rings. The zero-order chi connectivity index (χ0) is 12.7. The first kappa shape index (κ1) is 14.9. The molecule has 17 heavy (non-hydrogen) atoms. The average Bonchev–Trinajstić information content (AvgIpc) is 2.56. The fraction of sp³-hybridized carbons (Fsp3) is 1.00. The fourth-order valence-corrected chi connectivity index (χ4v) is 3.23. The summed E-state index contributed by atoms with van der Waals surface area (Å²) < 4.78 is 5.32. The molecule has 0 aromatic carbocycles. The molecular formula is C14H30N2O. The van der Waals surface area contributed by atoms with E-state index in [1.54, 1.807) is 7.11 Å². The smallest absolute Gasteiger partial charge is 0.0615 e. The lowest BCUT2D eigenvalue weighted by Gasteiger charge is -2.39. The van der Waals surface area contributed by atoms with Crippen LogP contribution in [0.25, 0.3) is 0 Å². The van der Waals surface area contributed by atoms with E-state index in [-0.39, 0.29) is 0 Å². The highest BCUT2D eigenvalue weighted by molar-refractivity contribution is 4.87. The summed E-state index contributed by atoms with van der Waals surface area (Å²) in [5, 5.41) is 3.52. The van der Waals surface area contributed by atoms with Crippen molar-refractivity contribution in [2.45, 2.75) is 64.1 Å². The highest BCUT2D eigenvalue weighted by Gasteiger charge is 2.29. The number of nitrogens with zero attached hydrogens (tertiary/aromatic N) is 1. The second-order valence-electron chi connectivity index (χ2n) is 5.24. The van der Waals surface area contributed by atoms with Gasteiger partial charge in [0.25, 0.3) is 0 Å². The van der Waals surface area contributed by atoms with Crippen molar-refractivity contribution in [2.75, 3.05) is 27.3 Å². The molecule has 0 heterocycles. The van der Waals surface area contributed by atoms with E-state index in [1.807, 2.05) is 0 Å². The minimum absolute atomic E-state index is 0.518. The Morgan fingerprint density at radius 3 is 2.59 bits per heavy atom. The van der Waals surface area contributed by atoms with Gasteiger partial charge in [-0.1, -0.05) is 26.2 Å². The Balaban J connectivity index is 2.68. The molecule has 0 spiro atoms. The van der Waals surface area contributed by atoms with Crippen LogP contribution in [0.4, 0.5) is 0 Å². The van der Waals surface area contributed by atoms with Crippen LogP contribution in [0.5, 0.6) is 0 Å². The molecule has 3 unspecified atom stereocenters. The molecule has 1 saturated carbocycles. The highest BCUT2D eigenvalue weighted by atomic mass is 16.5. The summed E-state index contributed by atoms with van der Waals surface area (Å²) in [6.45, 7) is 6.50. The van der Waals surface area contributed by atoms with E-state index in [0.717, 1.165) is 13.2 Å². The van der Waals surface area contributed by atoms with Gasteiger partial charge in [0, 0.05) is 25.2 Å². The molecular weight excluding hydrogens is 212 g/mol. The van der Waals surface area contributed by atoms with Crippen LogP contribution in [0.3, 0.4) is 0 Å². The van der Waals surface area contributed by atoms with Gasteiger partial charge in [0.05, 0.1) is 6.61 Å². The van der Waals surface area contributed by atoms with E-state index >= 15 is 0 Å². The molecule has 1 rings (SSSR count).